The third kappa shape index (κ3) is 3.31. The Morgan fingerprint density at radius 2 is 2.00 bits per heavy atom. The summed E-state index contributed by atoms with van der Waals surface area (Å²) in [5, 5.41) is 2.74. The second kappa shape index (κ2) is 4.89. The molecular formula is C10H11Cl2N3O2. The first-order valence-electron chi connectivity index (χ1n) is 4.67. The van der Waals surface area contributed by atoms with Crippen LogP contribution in [0.2, 0.25) is 10.2 Å². The van der Waals surface area contributed by atoms with Crippen LogP contribution in [0.25, 0.3) is 0 Å². The van der Waals surface area contributed by atoms with E-state index in [0.29, 0.717) is 0 Å². The van der Waals surface area contributed by atoms with Gasteiger partial charge in [0.2, 0.25) is 5.91 Å². The highest BCUT2D eigenvalue weighted by Crippen LogP contribution is 2.18. The molecule has 7 heteroatoms. The minimum atomic E-state index is -1.17. The number of aromatic nitrogens is 1. The third-order valence-electron chi connectivity index (χ3n) is 2.11. The molecule has 2 amide bonds. The highest BCUT2D eigenvalue weighted by atomic mass is 35.5. The molecule has 0 aliphatic carbocycles. The van der Waals surface area contributed by atoms with Crippen LogP contribution in [0.3, 0.4) is 0 Å². The lowest BCUT2D eigenvalue weighted by molar-refractivity contribution is -0.122. The van der Waals surface area contributed by atoms with E-state index in [-0.39, 0.29) is 15.7 Å². The zero-order chi connectivity index (χ0) is 13.2. The first-order chi connectivity index (χ1) is 7.74. The number of primary amides is 1. The quantitative estimate of drug-likeness (QED) is 0.818. The maximum absolute atomic E-state index is 11.8. The summed E-state index contributed by atoms with van der Waals surface area (Å²) in [5.74, 6) is -1.19. The van der Waals surface area contributed by atoms with Gasteiger partial charge in [-0.25, -0.2) is 4.98 Å². The molecule has 0 spiro atoms. The van der Waals surface area contributed by atoms with Crippen molar-refractivity contribution in [2.45, 2.75) is 19.4 Å². The van der Waals surface area contributed by atoms with E-state index in [1.165, 1.54) is 26.1 Å². The van der Waals surface area contributed by atoms with Crippen LogP contribution in [0.15, 0.2) is 12.3 Å². The van der Waals surface area contributed by atoms with E-state index in [1.807, 2.05) is 0 Å². The van der Waals surface area contributed by atoms with E-state index in [4.69, 9.17) is 28.9 Å². The van der Waals surface area contributed by atoms with Gasteiger partial charge in [-0.05, 0) is 19.9 Å². The van der Waals surface area contributed by atoms with E-state index >= 15 is 0 Å². The number of carbonyl (C=O) groups excluding carboxylic acids is 2. The molecule has 0 bridgehead atoms. The predicted molar refractivity (Wildman–Crippen MR) is 65.0 cm³/mol. The smallest absolute Gasteiger partial charge is 0.253 e. The molecule has 3 N–H and O–H groups in total. The molecule has 17 heavy (non-hydrogen) atoms. The number of nitrogens with one attached hydrogen (secondary N) is 1. The molecule has 0 unspecified atom stereocenters. The van der Waals surface area contributed by atoms with Gasteiger partial charge in [0.25, 0.3) is 5.91 Å². The van der Waals surface area contributed by atoms with Crippen LogP contribution in [0.4, 0.5) is 0 Å². The summed E-state index contributed by atoms with van der Waals surface area (Å²) in [6.07, 6.45) is 1.26. The van der Waals surface area contributed by atoms with Crippen LogP contribution in [0, 0.1) is 0 Å². The molecule has 92 valence electrons. The van der Waals surface area contributed by atoms with Crippen molar-refractivity contribution in [3.05, 3.63) is 28.0 Å². The number of halogens is 2. The first kappa shape index (κ1) is 13.7. The zero-order valence-corrected chi connectivity index (χ0v) is 10.8. The number of hydrogen-bond donors (Lipinski definition) is 2. The molecule has 0 aliphatic rings. The van der Waals surface area contributed by atoms with Crippen molar-refractivity contribution in [1.82, 2.24) is 10.3 Å². The summed E-state index contributed by atoms with van der Waals surface area (Å²) in [4.78, 5) is 26.6. The lowest BCUT2D eigenvalue weighted by atomic mass is 10.0. The molecule has 0 radical (unpaired) electrons. The Morgan fingerprint density at radius 3 is 2.53 bits per heavy atom. The number of nitrogens with two attached hydrogens (primary N) is 1. The van der Waals surface area contributed by atoms with Crippen LogP contribution >= 0.6 is 23.2 Å². The molecule has 0 aliphatic heterocycles. The summed E-state index contributed by atoms with van der Waals surface area (Å²) in [6.45, 7) is 2.98. The lowest BCUT2D eigenvalue weighted by Gasteiger charge is -2.22. The maximum atomic E-state index is 11.8. The van der Waals surface area contributed by atoms with Crippen LogP contribution < -0.4 is 11.1 Å². The van der Waals surface area contributed by atoms with Crippen LogP contribution in [-0.4, -0.2) is 22.3 Å². The number of amides is 2. The van der Waals surface area contributed by atoms with Gasteiger partial charge in [0.15, 0.2) is 0 Å². The Balaban J connectivity index is 2.98. The largest absolute Gasteiger partial charge is 0.368 e. The van der Waals surface area contributed by atoms with Crippen LogP contribution in [0.1, 0.15) is 24.2 Å². The molecule has 1 aromatic heterocycles. The van der Waals surface area contributed by atoms with E-state index in [2.05, 4.69) is 10.3 Å². The Morgan fingerprint density at radius 1 is 1.41 bits per heavy atom. The predicted octanol–water partition coefficient (Wildman–Crippen LogP) is 1.38. The molecule has 0 atom stereocenters. The van der Waals surface area contributed by atoms with Gasteiger partial charge < -0.3 is 11.1 Å². The van der Waals surface area contributed by atoms with Gasteiger partial charge in [-0.3, -0.25) is 9.59 Å². The molecule has 0 saturated heterocycles. The van der Waals surface area contributed by atoms with E-state index in [1.54, 1.807) is 0 Å². The molecule has 1 heterocycles. The fraction of sp³-hybridized carbons (Fsp3) is 0.300. The minimum Gasteiger partial charge on any atom is -0.368 e. The topological polar surface area (TPSA) is 85.1 Å². The fourth-order valence-corrected chi connectivity index (χ4v) is 1.35. The van der Waals surface area contributed by atoms with Gasteiger partial charge >= 0.3 is 0 Å². The molecule has 5 nitrogen and oxygen atoms in total. The average molecular weight is 276 g/mol. The summed E-state index contributed by atoms with van der Waals surface area (Å²) < 4.78 is 0. The van der Waals surface area contributed by atoms with Gasteiger partial charge in [0.1, 0.15) is 10.7 Å². The third-order valence-corrected chi connectivity index (χ3v) is 2.62. The summed E-state index contributed by atoms with van der Waals surface area (Å²) in [6, 6.07) is 1.32. The summed E-state index contributed by atoms with van der Waals surface area (Å²) >= 11 is 11.5. The standard InChI is InChI=1S/C10H11Cl2N3O2/c1-10(2,9(13)17)15-8(16)5-3-7(12)14-4-6(5)11/h3-4H,1-2H3,(H2,13,17)(H,15,16). The van der Waals surface area contributed by atoms with Crippen LogP contribution in [-0.2, 0) is 4.79 Å². The number of hydrogen-bond acceptors (Lipinski definition) is 3. The van der Waals surface area contributed by atoms with Crippen molar-refractivity contribution < 1.29 is 9.59 Å². The molecule has 0 aromatic carbocycles. The van der Waals surface area contributed by atoms with Crippen LogP contribution in [0.5, 0.6) is 0 Å². The van der Waals surface area contributed by atoms with Crippen molar-refractivity contribution in [2.75, 3.05) is 0 Å². The van der Waals surface area contributed by atoms with E-state index < -0.39 is 17.4 Å². The number of pyridine rings is 1. The molecule has 1 aromatic rings. The van der Waals surface area contributed by atoms with Gasteiger partial charge in [-0.1, -0.05) is 23.2 Å². The van der Waals surface area contributed by atoms with E-state index in [0.717, 1.165) is 0 Å². The normalized spacial score (nSPS) is 11.1. The second-order valence-electron chi connectivity index (χ2n) is 3.93. The average Bonchev–Trinajstić information content (AvgIpc) is 2.20. The molecular weight excluding hydrogens is 265 g/mol. The van der Waals surface area contributed by atoms with Gasteiger partial charge in [0, 0.05) is 6.20 Å². The number of carbonyl (C=O) groups is 2. The first-order valence-corrected chi connectivity index (χ1v) is 5.43. The van der Waals surface area contributed by atoms with Crippen molar-refractivity contribution >= 4 is 35.0 Å². The summed E-state index contributed by atoms with van der Waals surface area (Å²) in [5.41, 5.74) is 4.11. The Hall–Kier alpha value is -1.33. The van der Waals surface area contributed by atoms with Crippen molar-refractivity contribution in [3.8, 4) is 0 Å². The Kier molecular flexibility index (Phi) is 3.95. The fourth-order valence-electron chi connectivity index (χ4n) is 1.000. The minimum absolute atomic E-state index is 0.136. The highest BCUT2D eigenvalue weighted by Gasteiger charge is 2.28. The lowest BCUT2D eigenvalue weighted by Crippen LogP contribution is -2.53. The maximum Gasteiger partial charge on any atom is 0.253 e. The Labute approximate surface area is 108 Å². The molecule has 1 rings (SSSR count). The zero-order valence-electron chi connectivity index (χ0n) is 9.25. The van der Waals surface area contributed by atoms with E-state index in [9.17, 15) is 9.59 Å². The molecule has 0 fully saturated rings. The number of nitrogens with zero attached hydrogens (tertiary/aromatic N) is 1. The van der Waals surface area contributed by atoms with Gasteiger partial charge in [0.05, 0.1) is 10.6 Å². The number of rotatable bonds is 3. The van der Waals surface area contributed by atoms with Crippen molar-refractivity contribution in [3.63, 3.8) is 0 Å². The second-order valence-corrected chi connectivity index (χ2v) is 4.72. The SMILES string of the molecule is CC(C)(NC(=O)c1cc(Cl)ncc1Cl)C(N)=O. The monoisotopic (exact) mass is 275 g/mol. The van der Waals surface area contributed by atoms with Crippen molar-refractivity contribution in [1.29, 1.82) is 0 Å². The molecule has 0 saturated carbocycles. The summed E-state index contributed by atoms with van der Waals surface area (Å²) in [7, 11) is 0. The van der Waals surface area contributed by atoms with Crippen molar-refractivity contribution in [2.24, 2.45) is 5.73 Å². The van der Waals surface area contributed by atoms with Gasteiger partial charge in [-0.15, -0.1) is 0 Å². The van der Waals surface area contributed by atoms with Gasteiger partial charge in [-0.2, -0.15) is 0 Å². The Bertz CT molecular complexity index is 475. The highest BCUT2D eigenvalue weighted by molar-refractivity contribution is 6.35.